The van der Waals surface area contributed by atoms with Gasteiger partial charge in [0, 0.05) is 11.6 Å². The average molecular weight is 192 g/mol. The fraction of sp³-hybridized carbons (Fsp3) is 0.400. The zero-order valence-electron chi connectivity index (χ0n) is 8.03. The standard InChI is InChI=1S/C10H12N2S/c1-6(2)9-12-8-5-4-7(3)11-10(8)13-9/h4-6H,1-3H3. The van der Waals surface area contributed by atoms with Crippen molar-refractivity contribution in [2.45, 2.75) is 26.7 Å². The van der Waals surface area contributed by atoms with Gasteiger partial charge in [-0.1, -0.05) is 25.2 Å². The lowest BCUT2D eigenvalue weighted by atomic mass is 10.2. The van der Waals surface area contributed by atoms with Crippen LogP contribution in [0.5, 0.6) is 0 Å². The van der Waals surface area contributed by atoms with Crippen LogP contribution < -0.4 is 0 Å². The molecule has 0 atom stereocenters. The Labute approximate surface area is 81.7 Å². The number of nitrogens with zero attached hydrogens (tertiary/aromatic N) is 2. The summed E-state index contributed by atoms with van der Waals surface area (Å²) in [6.45, 7) is 6.32. The highest BCUT2D eigenvalue weighted by molar-refractivity contribution is 7.18. The van der Waals surface area contributed by atoms with Crippen LogP contribution in [-0.2, 0) is 0 Å². The molecule has 0 unspecified atom stereocenters. The summed E-state index contributed by atoms with van der Waals surface area (Å²) in [6.07, 6.45) is 0. The van der Waals surface area contributed by atoms with E-state index in [1.807, 2.05) is 19.1 Å². The molecule has 0 bridgehead atoms. The molecule has 0 aromatic carbocycles. The lowest BCUT2D eigenvalue weighted by Crippen LogP contribution is -1.83. The Kier molecular flexibility index (Phi) is 2.04. The third-order valence-corrected chi connectivity index (χ3v) is 3.17. The normalized spacial score (nSPS) is 11.4. The van der Waals surface area contributed by atoms with Crippen LogP contribution in [0.2, 0.25) is 0 Å². The van der Waals surface area contributed by atoms with Crippen molar-refractivity contribution in [2.75, 3.05) is 0 Å². The predicted octanol–water partition coefficient (Wildman–Crippen LogP) is 3.12. The summed E-state index contributed by atoms with van der Waals surface area (Å²) < 4.78 is 0. The predicted molar refractivity (Wildman–Crippen MR) is 56.2 cm³/mol. The maximum absolute atomic E-state index is 4.51. The first-order valence-corrected chi connectivity index (χ1v) is 5.22. The smallest absolute Gasteiger partial charge is 0.143 e. The van der Waals surface area contributed by atoms with E-state index >= 15 is 0 Å². The summed E-state index contributed by atoms with van der Waals surface area (Å²) >= 11 is 1.70. The van der Waals surface area contributed by atoms with Crippen LogP contribution in [0.15, 0.2) is 12.1 Å². The van der Waals surface area contributed by atoms with Crippen molar-refractivity contribution in [3.63, 3.8) is 0 Å². The van der Waals surface area contributed by atoms with Crippen molar-refractivity contribution in [1.82, 2.24) is 9.97 Å². The first-order chi connectivity index (χ1) is 6.16. The van der Waals surface area contributed by atoms with Gasteiger partial charge in [-0.05, 0) is 19.1 Å². The maximum Gasteiger partial charge on any atom is 0.143 e. The molecule has 2 nitrogen and oxygen atoms in total. The minimum Gasteiger partial charge on any atom is -0.241 e. The molecule has 0 N–H and O–H groups in total. The monoisotopic (exact) mass is 192 g/mol. The topological polar surface area (TPSA) is 25.8 Å². The highest BCUT2D eigenvalue weighted by Gasteiger charge is 2.07. The summed E-state index contributed by atoms with van der Waals surface area (Å²) in [7, 11) is 0. The number of aromatic nitrogens is 2. The Hall–Kier alpha value is -0.960. The van der Waals surface area contributed by atoms with Crippen molar-refractivity contribution in [3.05, 3.63) is 22.8 Å². The van der Waals surface area contributed by atoms with E-state index in [0.29, 0.717) is 5.92 Å². The number of thiazole rings is 1. The van der Waals surface area contributed by atoms with Gasteiger partial charge < -0.3 is 0 Å². The molecule has 0 spiro atoms. The van der Waals surface area contributed by atoms with Crippen LogP contribution in [0.25, 0.3) is 10.3 Å². The second-order valence-electron chi connectivity index (χ2n) is 3.48. The Morgan fingerprint density at radius 2 is 2.00 bits per heavy atom. The van der Waals surface area contributed by atoms with Gasteiger partial charge in [0.2, 0.25) is 0 Å². The molecule has 0 radical (unpaired) electrons. The van der Waals surface area contributed by atoms with Gasteiger partial charge in [-0.25, -0.2) is 9.97 Å². The number of hydrogen-bond donors (Lipinski definition) is 0. The van der Waals surface area contributed by atoms with E-state index in [-0.39, 0.29) is 0 Å². The average Bonchev–Trinajstić information content (AvgIpc) is 2.46. The third-order valence-electron chi connectivity index (χ3n) is 1.91. The fourth-order valence-corrected chi connectivity index (χ4v) is 2.16. The van der Waals surface area contributed by atoms with Crippen LogP contribution in [0.3, 0.4) is 0 Å². The van der Waals surface area contributed by atoms with Gasteiger partial charge in [-0.2, -0.15) is 0 Å². The van der Waals surface area contributed by atoms with Crippen molar-refractivity contribution < 1.29 is 0 Å². The van der Waals surface area contributed by atoms with E-state index in [4.69, 9.17) is 0 Å². The van der Waals surface area contributed by atoms with Crippen molar-refractivity contribution >= 4 is 21.7 Å². The van der Waals surface area contributed by atoms with Gasteiger partial charge >= 0.3 is 0 Å². The minimum atomic E-state index is 0.500. The molecule has 0 amide bonds. The zero-order chi connectivity index (χ0) is 9.42. The largest absolute Gasteiger partial charge is 0.241 e. The highest BCUT2D eigenvalue weighted by Crippen LogP contribution is 2.25. The molecule has 2 rings (SSSR count). The summed E-state index contributed by atoms with van der Waals surface area (Å²) in [4.78, 5) is 10.0. The maximum atomic E-state index is 4.51. The van der Waals surface area contributed by atoms with Crippen LogP contribution in [0.1, 0.15) is 30.5 Å². The van der Waals surface area contributed by atoms with Crippen LogP contribution >= 0.6 is 11.3 Å². The molecular formula is C10H12N2S. The first-order valence-electron chi connectivity index (χ1n) is 4.41. The summed E-state index contributed by atoms with van der Waals surface area (Å²) in [5.74, 6) is 0.500. The highest BCUT2D eigenvalue weighted by atomic mass is 32.1. The molecule has 0 saturated heterocycles. The van der Waals surface area contributed by atoms with E-state index in [0.717, 1.165) is 16.0 Å². The molecule has 0 fully saturated rings. The van der Waals surface area contributed by atoms with Crippen molar-refractivity contribution in [3.8, 4) is 0 Å². The van der Waals surface area contributed by atoms with Gasteiger partial charge in [-0.3, -0.25) is 0 Å². The van der Waals surface area contributed by atoms with Gasteiger partial charge in [0.05, 0.1) is 5.01 Å². The zero-order valence-corrected chi connectivity index (χ0v) is 8.85. The molecule has 3 heteroatoms. The molecule has 2 aromatic rings. The van der Waals surface area contributed by atoms with Gasteiger partial charge in [-0.15, -0.1) is 0 Å². The number of aryl methyl sites for hydroxylation is 1. The molecule has 0 aliphatic carbocycles. The Bertz CT molecular complexity index is 431. The number of pyridine rings is 1. The molecular weight excluding hydrogens is 180 g/mol. The first kappa shape index (κ1) is 8.63. The lowest BCUT2D eigenvalue weighted by molar-refractivity contribution is 0.857. The van der Waals surface area contributed by atoms with Gasteiger partial charge in [0.15, 0.2) is 0 Å². The van der Waals surface area contributed by atoms with Crippen LogP contribution in [0, 0.1) is 6.92 Å². The molecule has 2 heterocycles. The second-order valence-corrected chi connectivity index (χ2v) is 4.49. The quantitative estimate of drug-likeness (QED) is 0.693. The van der Waals surface area contributed by atoms with E-state index in [1.54, 1.807) is 11.3 Å². The summed E-state index contributed by atoms with van der Waals surface area (Å²) in [5.41, 5.74) is 2.09. The number of hydrogen-bond acceptors (Lipinski definition) is 3. The van der Waals surface area contributed by atoms with E-state index in [2.05, 4.69) is 23.8 Å². The van der Waals surface area contributed by atoms with Crippen molar-refractivity contribution in [1.29, 1.82) is 0 Å². The Balaban J connectivity index is 2.62. The molecule has 68 valence electrons. The van der Waals surface area contributed by atoms with E-state index in [1.165, 1.54) is 5.01 Å². The van der Waals surface area contributed by atoms with Crippen LogP contribution in [-0.4, -0.2) is 9.97 Å². The Morgan fingerprint density at radius 3 is 2.69 bits per heavy atom. The van der Waals surface area contributed by atoms with E-state index in [9.17, 15) is 0 Å². The SMILES string of the molecule is Cc1ccc2nc(C(C)C)sc2n1. The number of fused-ring (bicyclic) bond motifs is 1. The van der Waals surface area contributed by atoms with E-state index < -0.39 is 0 Å². The van der Waals surface area contributed by atoms with Crippen LogP contribution in [0.4, 0.5) is 0 Å². The summed E-state index contributed by atoms with van der Waals surface area (Å²) in [5, 5.41) is 1.17. The van der Waals surface area contributed by atoms with Gasteiger partial charge in [0.25, 0.3) is 0 Å². The molecule has 2 aromatic heterocycles. The Morgan fingerprint density at radius 1 is 1.23 bits per heavy atom. The molecule has 13 heavy (non-hydrogen) atoms. The summed E-state index contributed by atoms with van der Waals surface area (Å²) in [6, 6.07) is 4.05. The lowest BCUT2D eigenvalue weighted by Gasteiger charge is -1.94. The third kappa shape index (κ3) is 1.56. The molecule has 0 aliphatic rings. The number of rotatable bonds is 1. The van der Waals surface area contributed by atoms with Crippen molar-refractivity contribution in [2.24, 2.45) is 0 Å². The molecule has 0 aliphatic heterocycles. The second kappa shape index (κ2) is 3.07. The fourth-order valence-electron chi connectivity index (χ4n) is 1.17. The minimum absolute atomic E-state index is 0.500. The van der Waals surface area contributed by atoms with Gasteiger partial charge in [0.1, 0.15) is 10.3 Å². The molecule has 0 saturated carbocycles.